The van der Waals surface area contributed by atoms with E-state index in [1.807, 2.05) is 0 Å². The van der Waals surface area contributed by atoms with Crippen molar-refractivity contribution < 1.29 is 36.2 Å². The van der Waals surface area contributed by atoms with E-state index in [1.165, 1.54) is 24.3 Å². The fourth-order valence-electron chi connectivity index (χ4n) is 3.07. The summed E-state index contributed by atoms with van der Waals surface area (Å²) in [6, 6.07) is 9.44. The van der Waals surface area contributed by atoms with Gasteiger partial charge in [0.1, 0.15) is 11.1 Å². The van der Waals surface area contributed by atoms with Crippen LogP contribution in [0.15, 0.2) is 47.5 Å². The minimum absolute atomic E-state index is 0.0262. The molecule has 0 spiro atoms. The van der Waals surface area contributed by atoms with Crippen molar-refractivity contribution in [3.63, 3.8) is 0 Å². The lowest BCUT2D eigenvalue weighted by Gasteiger charge is -2.14. The second kappa shape index (κ2) is 9.18. The smallest absolute Gasteiger partial charge is 0.417 e. The van der Waals surface area contributed by atoms with E-state index in [1.54, 1.807) is 0 Å². The maximum atomic E-state index is 13.7. The molecule has 2 heterocycles. The molecule has 12 heteroatoms. The molecule has 1 aromatic heterocycles. The summed E-state index contributed by atoms with van der Waals surface area (Å²) in [6.07, 6.45) is -4.86. The number of hydrogen-bond acceptors (Lipinski definition) is 6. The number of amides is 1. The van der Waals surface area contributed by atoms with Crippen LogP contribution in [0.25, 0.3) is 11.3 Å². The van der Waals surface area contributed by atoms with Gasteiger partial charge in [0.05, 0.1) is 22.6 Å². The Morgan fingerprint density at radius 2 is 1.85 bits per heavy atom. The van der Waals surface area contributed by atoms with Gasteiger partial charge >= 0.3 is 6.18 Å². The van der Waals surface area contributed by atoms with Gasteiger partial charge in [-0.05, 0) is 36.4 Å². The zero-order chi connectivity index (χ0) is 24.5. The van der Waals surface area contributed by atoms with Crippen molar-refractivity contribution in [3.05, 3.63) is 65.2 Å². The third-order valence-electron chi connectivity index (χ3n) is 4.62. The van der Waals surface area contributed by atoms with Gasteiger partial charge < -0.3 is 14.8 Å². The summed E-state index contributed by atoms with van der Waals surface area (Å²) < 4.78 is 77.9. The number of anilines is 1. The normalized spacial score (nSPS) is 12.4. The average Bonchev–Trinajstić information content (AvgIpc) is 3.27. The number of thioether (sulfide) groups is 1. The Balaban J connectivity index is 1.64. The van der Waals surface area contributed by atoms with Gasteiger partial charge in [0.25, 0.3) is 0 Å². The summed E-state index contributed by atoms with van der Waals surface area (Å²) in [7, 11) is 0. The number of carbonyl (C=O) groups excluding carboxylic acids is 1. The third-order valence-corrected chi connectivity index (χ3v) is 5.59. The molecule has 1 amide bonds. The van der Waals surface area contributed by atoms with Crippen LogP contribution in [-0.2, 0) is 11.0 Å². The van der Waals surface area contributed by atoms with E-state index in [0.717, 1.165) is 24.3 Å². The van der Waals surface area contributed by atoms with E-state index in [4.69, 9.17) is 9.47 Å². The van der Waals surface area contributed by atoms with Gasteiger partial charge in [-0.3, -0.25) is 4.79 Å². The monoisotopic (exact) mass is 493 g/mol. The zero-order valence-corrected chi connectivity index (χ0v) is 17.7. The number of nitrogens with one attached hydrogen (secondary N) is 1. The Labute approximate surface area is 193 Å². The van der Waals surface area contributed by atoms with Crippen molar-refractivity contribution in [2.75, 3.05) is 17.9 Å². The Hall–Kier alpha value is -3.85. The average molecular weight is 493 g/mol. The standard InChI is InChI=1S/C22H12F5N3O3S/c23-15-3-2-12(6-16(15)24)29-20(31)9-34-21-13(8-28)14(22(25,26)27)7-17(30-21)11-1-4-18-19(5-11)33-10-32-18/h1-7H,9-10H2,(H,29,31). The highest BCUT2D eigenvalue weighted by atomic mass is 32.2. The van der Waals surface area contributed by atoms with E-state index in [9.17, 15) is 32.0 Å². The first-order valence-electron chi connectivity index (χ1n) is 9.46. The highest BCUT2D eigenvalue weighted by Gasteiger charge is 2.36. The maximum Gasteiger partial charge on any atom is 0.417 e. The summed E-state index contributed by atoms with van der Waals surface area (Å²) in [5.74, 6) is -2.68. The molecule has 0 atom stereocenters. The first-order chi connectivity index (χ1) is 16.2. The molecule has 0 fully saturated rings. The minimum Gasteiger partial charge on any atom is -0.454 e. The lowest BCUT2D eigenvalue weighted by atomic mass is 10.0. The molecule has 4 rings (SSSR count). The SMILES string of the molecule is N#Cc1c(C(F)(F)F)cc(-c2ccc3c(c2)OCO3)nc1SCC(=O)Nc1ccc(F)c(F)c1. The number of halogens is 5. The number of rotatable bonds is 5. The molecular formula is C22H12F5N3O3S. The van der Waals surface area contributed by atoms with Crippen molar-refractivity contribution in [1.29, 1.82) is 5.26 Å². The number of alkyl halides is 3. The molecule has 1 aliphatic heterocycles. The lowest BCUT2D eigenvalue weighted by Crippen LogP contribution is -2.15. The highest BCUT2D eigenvalue weighted by Crippen LogP contribution is 2.40. The number of ether oxygens (including phenoxy) is 2. The van der Waals surface area contributed by atoms with Crippen molar-refractivity contribution in [1.82, 2.24) is 4.98 Å². The molecule has 2 aromatic carbocycles. The Morgan fingerprint density at radius 1 is 1.09 bits per heavy atom. The lowest BCUT2D eigenvalue weighted by molar-refractivity contribution is -0.138. The first kappa shape index (κ1) is 23.3. The molecule has 0 aliphatic carbocycles. The molecule has 3 aromatic rings. The predicted molar refractivity (Wildman–Crippen MR) is 111 cm³/mol. The van der Waals surface area contributed by atoms with Gasteiger partial charge in [0.2, 0.25) is 12.7 Å². The molecule has 0 radical (unpaired) electrons. The Kier molecular flexibility index (Phi) is 6.30. The van der Waals surface area contributed by atoms with E-state index in [2.05, 4.69) is 10.3 Å². The number of nitrogens with zero attached hydrogens (tertiary/aromatic N) is 2. The molecule has 1 N–H and O–H groups in total. The Bertz CT molecular complexity index is 1320. The number of carbonyl (C=O) groups is 1. The Morgan fingerprint density at radius 3 is 2.56 bits per heavy atom. The van der Waals surface area contributed by atoms with Crippen molar-refractivity contribution in [2.24, 2.45) is 0 Å². The number of hydrogen-bond donors (Lipinski definition) is 1. The number of benzene rings is 2. The first-order valence-corrected chi connectivity index (χ1v) is 10.4. The number of fused-ring (bicyclic) bond motifs is 1. The summed E-state index contributed by atoms with van der Waals surface area (Å²) in [5.41, 5.74) is -1.78. The van der Waals surface area contributed by atoms with Crippen molar-refractivity contribution in [3.8, 4) is 28.8 Å². The predicted octanol–water partition coefficient (Wildman–Crippen LogP) is 5.38. The molecular weight excluding hydrogens is 481 g/mol. The van der Waals surface area contributed by atoms with Gasteiger partial charge in [-0.15, -0.1) is 0 Å². The molecule has 0 bridgehead atoms. The fraction of sp³-hybridized carbons (Fsp3) is 0.136. The van der Waals surface area contributed by atoms with Crippen LogP contribution in [-0.4, -0.2) is 23.4 Å². The van der Waals surface area contributed by atoms with Crippen molar-refractivity contribution in [2.45, 2.75) is 11.2 Å². The number of aromatic nitrogens is 1. The van der Waals surface area contributed by atoms with E-state index in [-0.39, 0.29) is 28.8 Å². The van der Waals surface area contributed by atoms with Crippen LogP contribution in [0.4, 0.5) is 27.6 Å². The van der Waals surface area contributed by atoms with Gasteiger partial charge in [0.15, 0.2) is 23.1 Å². The molecule has 1 aliphatic rings. The second-order valence-electron chi connectivity index (χ2n) is 6.88. The molecule has 0 unspecified atom stereocenters. The second-order valence-corrected chi connectivity index (χ2v) is 7.84. The van der Waals surface area contributed by atoms with Crippen LogP contribution in [0.2, 0.25) is 0 Å². The number of nitriles is 1. The van der Waals surface area contributed by atoms with Crippen LogP contribution < -0.4 is 14.8 Å². The van der Waals surface area contributed by atoms with E-state index < -0.39 is 40.6 Å². The van der Waals surface area contributed by atoms with E-state index in [0.29, 0.717) is 23.3 Å². The van der Waals surface area contributed by atoms with E-state index >= 15 is 0 Å². The third kappa shape index (κ3) is 4.89. The van der Waals surface area contributed by atoms with Crippen LogP contribution in [0.3, 0.4) is 0 Å². The van der Waals surface area contributed by atoms with Gasteiger partial charge in [-0.25, -0.2) is 13.8 Å². The molecule has 34 heavy (non-hydrogen) atoms. The summed E-state index contributed by atoms with van der Waals surface area (Å²) >= 11 is 0.601. The molecule has 174 valence electrons. The molecule has 6 nitrogen and oxygen atoms in total. The maximum absolute atomic E-state index is 13.7. The van der Waals surface area contributed by atoms with Crippen LogP contribution >= 0.6 is 11.8 Å². The van der Waals surface area contributed by atoms with Crippen LogP contribution in [0.1, 0.15) is 11.1 Å². The van der Waals surface area contributed by atoms with Gasteiger partial charge in [-0.2, -0.15) is 18.4 Å². The molecule has 0 saturated carbocycles. The van der Waals surface area contributed by atoms with Crippen molar-refractivity contribution >= 4 is 23.4 Å². The highest BCUT2D eigenvalue weighted by molar-refractivity contribution is 8.00. The summed E-state index contributed by atoms with van der Waals surface area (Å²) in [5, 5.41) is 11.4. The quantitative estimate of drug-likeness (QED) is 0.380. The van der Waals surface area contributed by atoms with Gasteiger partial charge in [0, 0.05) is 17.3 Å². The zero-order valence-electron chi connectivity index (χ0n) is 16.9. The number of pyridine rings is 1. The largest absolute Gasteiger partial charge is 0.454 e. The fourth-order valence-corrected chi connectivity index (χ4v) is 3.87. The topological polar surface area (TPSA) is 84.2 Å². The van der Waals surface area contributed by atoms with Crippen LogP contribution in [0.5, 0.6) is 11.5 Å². The van der Waals surface area contributed by atoms with Gasteiger partial charge in [-0.1, -0.05) is 11.8 Å². The minimum atomic E-state index is -4.86. The summed E-state index contributed by atoms with van der Waals surface area (Å²) in [4.78, 5) is 16.4. The van der Waals surface area contributed by atoms with Crippen LogP contribution in [0, 0.1) is 23.0 Å². The summed E-state index contributed by atoms with van der Waals surface area (Å²) in [6.45, 7) is -0.0262. The molecule has 0 saturated heterocycles.